The Labute approximate surface area is 147 Å². The summed E-state index contributed by atoms with van der Waals surface area (Å²) in [6.45, 7) is -0.308. The summed E-state index contributed by atoms with van der Waals surface area (Å²) < 4.78 is 50.2. The fraction of sp³-hybridized carbons (Fsp3) is 0.412. The summed E-state index contributed by atoms with van der Waals surface area (Å²) >= 11 is 0. The van der Waals surface area contributed by atoms with Crippen molar-refractivity contribution in [2.75, 3.05) is 19.5 Å². The van der Waals surface area contributed by atoms with Crippen LogP contribution < -0.4 is 14.8 Å². The molecule has 1 aromatic carbocycles. The number of ether oxygens (including phenoxy) is 2. The Hall–Kier alpha value is -2.71. The SMILES string of the molecule is COc1ccc(NC(=O)Cn2nc(C(F)(F)F)cc2C2CC2)c(OC)c1. The second kappa shape index (κ2) is 6.89. The molecule has 1 aliphatic carbocycles. The number of benzene rings is 1. The molecule has 6 nitrogen and oxygen atoms in total. The predicted octanol–water partition coefficient (Wildman–Crippen LogP) is 3.44. The molecule has 1 N–H and O–H groups in total. The van der Waals surface area contributed by atoms with Crippen LogP contribution in [0.2, 0.25) is 0 Å². The Bertz CT molecular complexity index is 813. The van der Waals surface area contributed by atoms with Crippen molar-refractivity contribution in [2.45, 2.75) is 31.5 Å². The standard InChI is InChI=1S/C17H18F3N3O3/c1-25-11-5-6-12(14(7-11)26-2)21-16(24)9-23-13(10-3-4-10)8-15(22-23)17(18,19)20/h5-8,10H,3-4,9H2,1-2H3,(H,21,24). The van der Waals surface area contributed by atoms with Crippen molar-refractivity contribution < 1.29 is 27.4 Å². The van der Waals surface area contributed by atoms with Gasteiger partial charge in [-0.1, -0.05) is 0 Å². The van der Waals surface area contributed by atoms with E-state index in [0.717, 1.165) is 23.6 Å². The van der Waals surface area contributed by atoms with Crippen LogP contribution in [-0.2, 0) is 17.5 Å². The van der Waals surface area contributed by atoms with E-state index in [4.69, 9.17) is 9.47 Å². The number of anilines is 1. The third-order valence-corrected chi connectivity index (χ3v) is 4.07. The zero-order chi connectivity index (χ0) is 18.9. The molecule has 1 saturated carbocycles. The second-order valence-corrected chi connectivity index (χ2v) is 6.00. The topological polar surface area (TPSA) is 65.4 Å². The lowest BCUT2D eigenvalue weighted by Gasteiger charge is -2.12. The van der Waals surface area contributed by atoms with Crippen molar-refractivity contribution in [1.29, 1.82) is 0 Å². The Morgan fingerprint density at radius 3 is 2.58 bits per heavy atom. The van der Waals surface area contributed by atoms with E-state index in [9.17, 15) is 18.0 Å². The van der Waals surface area contributed by atoms with Crippen molar-refractivity contribution >= 4 is 11.6 Å². The van der Waals surface area contributed by atoms with Gasteiger partial charge in [-0.2, -0.15) is 18.3 Å². The average molecular weight is 369 g/mol. The van der Waals surface area contributed by atoms with E-state index in [-0.39, 0.29) is 12.5 Å². The number of nitrogens with zero attached hydrogens (tertiary/aromatic N) is 2. The highest BCUT2D eigenvalue weighted by Crippen LogP contribution is 2.42. The van der Waals surface area contributed by atoms with Crippen LogP contribution in [0.1, 0.15) is 30.1 Å². The number of hydrogen-bond acceptors (Lipinski definition) is 4. The van der Waals surface area contributed by atoms with Gasteiger partial charge in [0.1, 0.15) is 18.0 Å². The molecule has 0 atom stereocenters. The molecule has 0 bridgehead atoms. The van der Waals surface area contributed by atoms with Gasteiger partial charge in [0, 0.05) is 17.7 Å². The highest BCUT2D eigenvalue weighted by molar-refractivity contribution is 5.92. The van der Waals surface area contributed by atoms with Crippen molar-refractivity contribution in [3.63, 3.8) is 0 Å². The van der Waals surface area contributed by atoms with Gasteiger partial charge in [0.05, 0.1) is 19.9 Å². The summed E-state index contributed by atoms with van der Waals surface area (Å²) in [5.74, 6) is 0.475. The van der Waals surface area contributed by atoms with Gasteiger partial charge < -0.3 is 14.8 Å². The Balaban J connectivity index is 1.77. The molecule has 0 unspecified atom stereocenters. The summed E-state index contributed by atoms with van der Waals surface area (Å²) in [6.07, 6.45) is -2.93. The molecule has 140 valence electrons. The Morgan fingerprint density at radius 1 is 1.27 bits per heavy atom. The Kier molecular flexibility index (Phi) is 4.80. The molecule has 26 heavy (non-hydrogen) atoms. The lowest BCUT2D eigenvalue weighted by atomic mass is 10.2. The van der Waals surface area contributed by atoms with E-state index >= 15 is 0 Å². The zero-order valence-electron chi connectivity index (χ0n) is 14.3. The summed E-state index contributed by atoms with van der Waals surface area (Å²) in [7, 11) is 2.95. The van der Waals surface area contributed by atoms with Crippen LogP contribution in [0.15, 0.2) is 24.3 Å². The van der Waals surface area contributed by atoms with Gasteiger partial charge >= 0.3 is 6.18 Å². The maximum atomic E-state index is 12.9. The fourth-order valence-electron chi connectivity index (χ4n) is 2.63. The van der Waals surface area contributed by atoms with Crippen molar-refractivity contribution in [1.82, 2.24) is 9.78 Å². The number of halogens is 3. The lowest BCUT2D eigenvalue weighted by molar-refractivity contribution is -0.141. The number of amides is 1. The van der Waals surface area contributed by atoms with Crippen molar-refractivity contribution in [3.05, 3.63) is 35.7 Å². The molecule has 0 aliphatic heterocycles. The normalized spacial score (nSPS) is 14.2. The zero-order valence-corrected chi connectivity index (χ0v) is 14.3. The molecule has 2 aromatic rings. The van der Waals surface area contributed by atoms with Gasteiger partial charge in [0.2, 0.25) is 5.91 Å². The summed E-state index contributed by atoms with van der Waals surface area (Å²) in [4.78, 5) is 12.3. The molecule has 0 radical (unpaired) electrons. The molecule has 1 amide bonds. The van der Waals surface area contributed by atoms with Gasteiger partial charge in [0.25, 0.3) is 0 Å². The van der Waals surface area contributed by atoms with E-state index < -0.39 is 17.8 Å². The maximum absolute atomic E-state index is 12.9. The number of carbonyl (C=O) groups excluding carboxylic acids is 1. The van der Waals surface area contributed by atoms with E-state index in [1.807, 2.05) is 0 Å². The first-order chi connectivity index (χ1) is 12.3. The molecule has 0 saturated heterocycles. The van der Waals surface area contributed by atoms with Crippen LogP contribution >= 0.6 is 0 Å². The van der Waals surface area contributed by atoms with Gasteiger partial charge in [-0.15, -0.1) is 0 Å². The van der Waals surface area contributed by atoms with E-state index in [1.54, 1.807) is 18.2 Å². The molecule has 3 rings (SSSR count). The maximum Gasteiger partial charge on any atom is 0.435 e. The highest BCUT2D eigenvalue weighted by atomic mass is 19.4. The van der Waals surface area contributed by atoms with Crippen LogP contribution in [0.25, 0.3) is 0 Å². The number of alkyl halides is 3. The molecule has 9 heteroatoms. The third-order valence-electron chi connectivity index (χ3n) is 4.07. The van der Waals surface area contributed by atoms with Crippen molar-refractivity contribution in [3.8, 4) is 11.5 Å². The van der Waals surface area contributed by atoms with Gasteiger partial charge in [-0.05, 0) is 31.0 Å². The monoisotopic (exact) mass is 369 g/mol. The number of methoxy groups -OCH3 is 2. The van der Waals surface area contributed by atoms with Gasteiger partial charge in [-0.25, -0.2) is 0 Å². The lowest BCUT2D eigenvalue weighted by Crippen LogP contribution is -2.21. The second-order valence-electron chi connectivity index (χ2n) is 6.00. The first-order valence-corrected chi connectivity index (χ1v) is 7.98. The molecular weight excluding hydrogens is 351 g/mol. The van der Waals surface area contributed by atoms with Gasteiger partial charge in [0.15, 0.2) is 5.69 Å². The predicted molar refractivity (Wildman–Crippen MR) is 87.4 cm³/mol. The molecule has 1 heterocycles. The van der Waals surface area contributed by atoms with Crippen LogP contribution in [0.3, 0.4) is 0 Å². The minimum absolute atomic E-state index is 0.0296. The van der Waals surface area contributed by atoms with Crippen molar-refractivity contribution in [2.24, 2.45) is 0 Å². The summed E-state index contributed by atoms with van der Waals surface area (Å²) in [6, 6.07) is 5.87. The number of nitrogens with one attached hydrogen (secondary N) is 1. The van der Waals surface area contributed by atoms with E-state index in [0.29, 0.717) is 22.9 Å². The first kappa shape index (κ1) is 18.1. The molecule has 1 aliphatic rings. The smallest absolute Gasteiger partial charge is 0.435 e. The summed E-state index contributed by atoms with van der Waals surface area (Å²) in [5.41, 5.74) is -0.141. The first-order valence-electron chi connectivity index (χ1n) is 7.98. The molecule has 1 fully saturated rings. The average Bonchev–Trinajstić information content (AvgIpc) is 3.34. The summed E-state index contributed by atoms with van der Waals surface area (Å²) in [5, 5.41) is 6.21. The number of carbonyl (C=O) groups is 1. The minimum Gasteiger partial charge on any atom is -0.497 e. The fourth-order valence-corrected chi connectivity index (χ4v) is 2.63. The van der Waals surface area contributed by atoms with Crippen LogP contribution in [0, 0.1) is 0 Å². The van der Waals surface area contributed by atoms with E-state index in [2.05, 4.69) is 10.4 Å². The highest BCUT2D eigenvalue weighted by Gasteiger charge is 2.38. The Morgan fingerprint density at radius 2 is 2.00 bits per heavy atom. The van der Waals surface area contributed by atoms with Gasteiger partial charge in [-0.3, -0.25) is 9.48 Å². The quantitative estimate of drug-likeness (QED) is 0.847. The number of aromatic nitrogens is 2. The minimum atomic E-state index is -4.54. The molecular formula is C17H18F3N3O3. The van der Waals surface area contributed by atoms with Crippen LogP contribution in [-0.4, -0.2) is 29.9 Å². The third kappa shape index (κ3) is 3.92. The van der Waals surface area contributed by atoms with E-state index in [1.165, 1.54) is 14.2 Å². The number of hydrogen-bond donors (Lipinski definition) is 1. The molecule has 1 aromatic heterocycles. The number of rotatable bonds is 6. The van der Waals surface area contributed by atoms with Crippen LogP contribution in [0.5, 0.6) is 11.5 Å². The van der Waals surface area contributed by atoms with Crippen LogP contribution in [0.4, 0.5) is 18.9 Å². The molecule has 0 spiro atoms. The largest absolute Gasteiger partial charge is 0.497 e.